The molecule has 2 fully saturated rings. The summed E-state index contributed by atoms with van der Waals surface area (Å²) in [5.41, 5.74) is 0. The smallest absolute Gasteiger partial charge is 0.338 e. The van der Waals surface area contributed by atoms with Crippen LogP contribution in [0.25, 0.3) is 0 Å². The van der Waals surface area contributed by atoms with E-state index >= 15 is 0 Å². The maximum atomic E-state index is 10.6. The van der Waals surface area contributed by atoms with Crippen LogP contribution in [-0.2, 0) is 19.0 Å². The van der Waals surface area contributed by atoms with Crippen LogP contribution in [-0.4, -0.2) is 31.6 Å². The van der Waals surface area contributed by atoms with Crippen molar-refractivity contribution >= 4 is 5.97 Å². The molecule has 0 aliphatic carbocycles. The van der Waals surface area contributed by atoms with Crippen LogP contribution in [0.3, 0.4) is 0 Å². The number of cyclic esters (lactones) is 1. The minimum absolute atomic E-state index is 0.245. The van der Waals surface area contributed by atoms with E-state index in [1.165, 1.54) is 0 Å². The lowest BCUT2D eigenvalue weighted by atomic mass is 10.4. The summed E-state index contributed by atoms with van der Waals surface area (Å²) in [7, 11) is 0. The second-order valence-corrected chi connectivity index (χ2v) is 2.02. The summed E-state index contributed by atoms with van der Waals surface area (Å²) in [6.45, 7) is 0.596. The van der Waals surface area contributed by atoms with Gasteiger partial charge in [0.2, 0.25) is 0 Å². The van der Waals surface area contributed by atoms with Crippen molar-refractivity contribution in [2.24, 2.45) is 0 Å². The van der Waals surface area contributed by atoms with E-state index in [0.717, 1.165) is 0 Å². The molecule has 0 saturated carbocycles. The standard InChI is InChI=1S/C5H6O4/c6-5-3-1-7-4(9-3)2-8-5/h3-4H,1-2H2/t3-,4-/m0/s1. The van der Waals surface area contributed by atoms with Gasteiger partial charge in [0.15, 0.2) is 12.4 Å². The Morgan fingerprint density at radius 2 is 2.33 bits per heavy atom. The highest BCUT2D eigenvalue weighted by molar-refractivity contribution is 5.75. The van der Waals surface area contributed by atoms with Crippen molar-refractivity contribution in [3.63, 3.8) is 0 Å². The molecule has 0 spiro atoms. The second-order valence-electron chi connectivity index (χ2n) is 2.02. The van der Waals surface area contributed by atoms with Gasteiger partial charge in [-0.05, 0) is 0 Å². The van der Waals surface area contributed by atoms with Crippen LogP contribution in [0.1, 0.15) is 0 Å². The number of fused-ring (bicyclic) bond motifs is 2. The molecule has 2 bridgehead atoms. The molecular weight excluding hydrogens is 124 g/mol. The van der Waals surface area contributed by atoms with Crippen molar-refractivity contribution in [3.05, 3.63) is 0 Å². The number of carbonyl (C=O) groups is 1. The number of carbonyl (C=O) groups excluding carboxylic acids is 1. The minimum Gasteiger partial charge on any atom is -0.458 e. The molecule has 0 aromatic heterocycles. The third kappa shape index (κ3) is 0.710. The maximum absolute atomic E-state index is 10.6. The molecule has 2 aliphatic rings. The van der Waals surface area contributed by atoms with E-state index in [1.54, 1.807) is 0 Å². The molecular formula is C5H6O4. The molecule has 9 heavy (non-hydrogen) atoms. The van der Waals surface area contributed by atoms with Crippen molar-refractivity contribution in [3.8, 4) is 0 Å². The van der Waals surface area contributed by atoms with Gasteiger partial charge in [-0.1, -0.05) is 0 Å². The maximum Gasteiger partial charge on any atom is 0.338 e. The van der Waals surface area contributed by atoms with Gasteiger partial charge in [-0.15, -0.1) is 0 Å². The van der Waals surface area contributed by atoms with Crippen LogP contribution in [0.2, 0.25) is 0 Å². The first-order valence-corrected chi connectivity index (χ1v) is 2.80. The predicted molar refractivity (Wildman–Crippen MR) is 25.6 cm³/mol. The minimum atomic E-state index is -0.455. The molecule has 2 aliphatic heterocycles. The summed E-state index contributed by atoms with van der Waals surface area (Å²) in [6, 6.07) is 0. The lowest BCUT2D eigenvalue weighted by Gasteiger charge is -2.16. The Hall–Kier alpha value is -0.610. The summed E-state index contributed by atoms with van der Waals surface area (Å²) < 4.78 is 14.7. The first-order valence-electron chi connectivity index (χ1n) is 2.80. The molecule has 0 aromatic carbocycles. The topological polar surface area (TPSA) is 44.8 Å². The molecule has 0 aromatic rings. The Labute approximate surface area is 51.7 Å². The average molecular weight is 130 g/mol. The van der Waals surface area contributed by atoms with Crippen LogP contribution in [0, 0.1) is 0 Å². The number of hydrogen-bond donors (Lipinski definition) is 0. The molecule has 50 valence electrons. The quantitative estimate of drug-likeness (QED) is 0.406. The van der Waals surface area contributed by atoms with Gasteiger partial charge in [-0.3, -0.25) is 0 Å². The number of hydrogen-bond acceptors (Lipinski definition) is 4. The largest absolute Gasteiger partial charge is 0.458 e. The van der Waals surface area contributed by atoms with Gasteiger partial charge in [-0.2, -0.15) is 0 Å². The Balaban J connectivity index is 2.14. The highest BCUT2D eigenvalue weighted by Crippen LogP contribution is 2.17. The fourth-order valence-corrected chi connectivity index (χ4v) is 0.911. The fourth-order valence-electron chi connectivity index (χ4n) is 0.911. The van der Waals surface area contributed by atoms with Crippen molar-refractivity contribution in [2.75, 3.05) is 13.2 Å². The fraction of sp³-hybridized carbons (Fsp3) is 0.800. The van der Waals surface area contributed by atoms with E-state index in [2.05, 4.69) is 4.74 Å². The zero-order valence-corrected chi connectivity index (χ0v) is 4.70. The predicted octanol–water partition coefficient (Wildman–Crippen LogP) is -0.715. The van der Waals surface area contributed by atoms with Crippen molar-refractivity contribution in [1.82, 2.24) is 0 Å². The highest BCUT2D eigenvalue weighted by atomic mass is 16.8. The lowest BCUT2D eigenvalue weighted by Crippen LogP contribution is -2.33. The van der Waals surface area contributed by atoms with Crippen LogP contribution in [0.4, 0.5) is 0 Å². The highest BCUT2D eigenvalue weighted by Gasteiger charge is 2.38. The molecule has 4 heteroatoms. The van der Waals surface area contributed by atoms with E-state index in [1.807, 2.05) is 0 Å². The molecule has 2 heterocycles. The van der Waals surface area contributed by atoms with E-state index in [9.17, 15) is 4.79 Å². The Morgan fingerprint density at radius 3 is 3.11 bits per heavy atom. The summed E-state index contributed by atoms with van der Waals surface area (Å²) in [5, 5.41) is 0. The normalized spacial score (nSPS) is 40.7. The van der Waals surface area contributed by atoms with E-state index in [0.29, 0.717) is 6.61 Å². The second kappa shape index (κ2) is 1.68. The third-order valence-corrected chi connectivity index (χ3v) is 1.37. The van der Waals surface area contributed by atoms with E-state index < -0.39 is 6.10 Å². The zero-order valence-electron chi connectivity index (χ0n) is 4.70. The molecule has 2 saturated heterocycles. The first kappa shape index (κ1) is 5.20. The number of rotatable bonds is 0. The Bertz CT molecular complexity index is 144. The first-order chi connectivity index (χ1) is 4.36. The van der Waals surface area contributed by atoms with Crippen molar-refractivity contribution in [1.29, 1.82) is 0 Å². The van der Waals surface area contributed by atoms with E-state index in [4.69, 9.17) is 9.47 Å². The zero-order chi connectivity index (χ0) is 6.27. The molecule has 4 nitrogen and oxygen atoms in total. The van der Waals surface area contributed by atoms with Gasteiger partial charge in [0, 0.05) is 0 Å². The SMILES string of the molecule is O=C1OC[C@H]2OC[C@@H]1O2. The molecule has 2 atom stereocenters. The summed E-state index contributed by atoms with van der Waals surface area (Å²) >= 11 is 0. The number of esters is 1. The molecule has 0 unspecified atom stereocenters. The molecule has 0 amide bonds. The third-order valence-electron chi connectivity index (χ3n) is 1.37. The van der Waals surface area contributed by atoms with Crippen LogP contribution < -0.4 is 0 Å². The van der Waals surface area contributed by atoms with E-state index in [-0.39, 0.29) is 18.9 Å². The van der Waals surface area contributed by atoms with Gasteiger partial charge in [-0.25, -0.2) is 4.79 Å². The molecule has 0 N–H and O–H groups in total. The molecule has 2 rings (SSSR count). The lowest BCUT2D eigenvalue weighted by molar-refractivity contribution is -0.184. The van der Waals surface area contributed by atoms with Gasteiger partial charge in [0.1, 0.15) is 6.61 Å². The van der Waals surface area contributed by atoms with Crippen LogP contribution >= 0.6 is 0 Å². The van der Waals surface area contributed by atoms with Gasteiger partial charge < -0.3 is 14.2 Å². The Morgan fingerprint density at radius 1 is 1.44 bits per heavy atom. The summed E-state index contributed by atoms with van der Waals surface area (Å²) in [5.74, 6) is -0.302. The van der Waals surface area contributed by atoms with Crippen molar-refractivity contribution < 1.29 is 19.0 Å². The van der Waals surface area contributed by atoms with Gasteiger partial charge in [0.05, 0.1) is 6.61 Å². The van der Waals surface area contributed by atoms with Gasteiger partial charge in [0.25, 0.3) is 0 Å². The summed E-state index contributed by atoms with van der Waals surface area (Å²) in [4.78, 5) is 10.6. The van der Waals surface area contributed by atoms with Crippen LogP contribution in [0.15, 0.2) is 0 Å². The summed E-state index contributed by atoms with van der Waals surface area (Å²) in [6.07, 6.45) is -0.753. The Kier molecular flexibility index (Phi) is 0.972. The monoisotopic (exact) mass is 130 g/mol. The van der Waals surface area contributed by atoms with Gasteiger partial charge >= 0.3 is 5.97 Å². The van der Waals surface area contributed by atoms with Crippen LogP contribution in [0.5, 0.6) is 0 Å². The van der Waals surface area contributed by atoms with Crippen molar-refractivity contribution in [2.45, 2.75) is 12.4 Å². The molecule has 0 radical (unpaired) electrons. The number of ether oxygens (including phenoxy) is 3. The average Bonchev–Trinajstić information content (AvgIpc) is 2.25.